The third-order valence-electron chi connectivity index (χ3n) is 3.16. The molecule has 106 valence electrons. The molecule has 0 saturated carbocycles. The minimum absolute atomic E-state index is 0.0339. The second-order valence-corrected chi connectivity index (χ2v) is 4.41. The van der Waals surface area contributed by atoms with E-state index < -0.39 is 17.2 Å². The van der Waals surface area contributed by atoms with Gasteiger partial charge in [0.1, 0.15) is 0 Å². The Bertz CT molecular complexity index is 957. The van der Waals surface area contributed by atoms with Crippen LogP contribution in [0.2, 0.25) is 0 Å². The number of benzene rings is 1. The van der Waals surface area contributed by atoms with E-state index in [-0.39, 0.29) is 11.5 Å². The van der Waals surface area contributed by atoms with Crippen LogP contribution in [-0.2, 0) is 11.8 Å². The molecule has 8 nitrogen and oxygen atoms in total. The zero-order valence-electron chi connectivity index (χ0n) is 11.2. The summed E-state index contributed by atoms with van der Waals surface area (Å²) in [6.45, 7) is 0. The zero-order valence-corrected chi connectivity index (χ0v) is 11.2. The lowest BCUT2D eigenvalue weighted by atomic mass is 10.2. The number of nitrogens with one attached hydrogen (secondary N) is 1. The van der Waals surface area contributed by atoms with Crippen molar-refractivity contribution in [1.82, 2.24) is 19.5 Å². The number of carbonyl (C=O) groups excluding carboxylic acids is 1. The lowest BCUT2D eigenvalue weighted by Crippen LogP contribution is -2.28. The van der Waals surface area contributed by atoms with Crippen LogP contribution in [0.1, 0.15) is 10.4 Å². The van der Waals surface area contributed by atoms with Gasteiger partial charge in [0.05, 0.1) is 23.7 Å². The Morgan fingerprint density at radius 2 is 2.05 bits per heavy atom. The average Bonchev–Trinajstić information content (AvgIpc) is 2.47. The molecule has 0 spiro atoms. The third-order valence-corrected chi connectivity index (χ3v) is 3.16. The van der Waals surface area contributed by atoms with Crippen molar-refractivity contribution in [3.05, 3.63) is 44.6 Å². The summed E-state index contributed by atoms with van der Waals surface area (Å²) in [5.41, 5.74) is 0.0706. The number of aromatic amines is 1. The fourth-order valence-corrected chi connectivity index (χ4v) is 2.15. The number of aryl methyl sites for hydroxylation is 1. The van der Waals surface area contributed by atoms with Crippen LogP contribution in [0, 0.1) is 0 Å². The molecule has 1 N–H and O–H groups in total. The number of esters is 1. The van der Waals surface area contributed by atoms with E-state index in [1.165, 1.54) is 13.2 Å². The van der Waals surface area contributed by atoms with Crippen LogP contribution in [0.25, 0.3) is 22.6 Å². The number of fused-ring (bicyclic) bond motifs is 2. The van der Waals surface area contributed by atoms with E-state index in [1.807, 2.05) is 0 Å². The molecule has 2 heterocycles. The van der Waals surface area contributed by atoms with Crippen molar-refractivity contribution in [3.63, 3.8) is 0 Å². The predicted molar refractivity (Wildman–Crippen MR) is 73.4 cm³/mol. The van der Waals surface area contributed by atoms with E-state index in [4.69, 9.17) is 0 Å². The number of hydrogen-bond donors (Lipinski definition) is 1. The van der Waals surface area contributed by atoms with E-state index in [9.17, 15) is 14.4 Å². The van der Waals surface area contributed by atoms with E-state index in [0.717, 1.165) is 0 Å². The summed E-state index contributed by atoms with van der Waals surface area (Å²) in [5, 5.41) is 0. The Balaban J connectivity index is 2.43. The van der Waals surface area contributed by atoms with Gasteiger partial charge in [-0.2, -0.15) is 4.98 Å². The Kier molecular flexibility index (Phi) is 2.79. The molecule has 0 amide bonds. The second-order valence-electron chi connectivity index (χ2n) is 4.41. The van der Waals surface area contributed by atoms with Gasteiger partial charge in [-0.3, -0.25) is 9.78 Å². The van der Waals surface area contributed by atoms with Crippen molar-refractivity contribution in [3.8, 4) is 11.5 Å². The number of H-pyrrole nitrogens is 1. The quantitative estimate of drug-likeness (QED) is 0.495. The van der Waals surface area contributed by atoms with Crippen molar-refractivity contribution < 1.29 is 9.53 Å². The highest BCUT2D eigenvalue weighted by Crippen LogP contribution is 2.20. The van der Waals surface area contributed by atoms with E-state index >= 15 is 0 Å². The summed E-state index contributed by atoms with van der Waals surface area (Å²) in [5.74, 6) is -0.314. The minimum atomic E-state index is -0.726. The fraction of sp³-hybridized carbons (Fsp3) is 0.154. The van der Waals surface area contributed by atoms with E-state index in [2.05, 4.69) is 19.7 Å². The minimum Gasteiger partial charge on any atom is -0.465 e. The van der Waals surface area contributed by atoms with Gasteiger partial charge >= 0.3 is 11.7 Å². The number of ether oxygens (including phenoxy) is 1. The van der Waals surface area contributed by atoms with Crippen LogP contribution in [0.3, 0.4) is 0 Å². The van der Waals surface area contributed by atoms with Crippen LogP contribution in [0.4, 0.5) is 0 Å². The topological polar surface area (TPSA) is 107 Å². The van der Waals surface area contributed by atoms with Gasteiger partial charge in [0.25, 0.3) is 5.56 Å². The number of hydrogen-bond acceptors (Lipinski definition) is 6. The molecule has 0 atom stereocenters. The standard InChI is InChI=1S/C13H10N4O4/c1-17-8-4-3-6(12(19)21-2)5-7(8)14-9-10(17)15-13(20)16-11(9)18/h3-5H,1-2H3,(H,16,18,20). The van der Waals surface area contributed by atoms with Gasteiger partial charge in [-0.1, -0.05) is 0 Å². The number of methoxy groups -OCH3 is 1. The highest BCUT2D eigenvalue weighted by Gasteiger charge is 2.17. The molecule has 21 heavy (non-hydrogen) atoms. The average molecular weight is 286 g/mol. The summed E-state index contributed by atoms with van der Waals surface area (Å²) in [6, 6.07) is 4.75. The maximum atomic E-state index is 11.8. The highest BCUT2D eigenvalue weighted by molar-refractivity contribution is 5.94. The Hall–Kier alpha value is -3.03. The molecule has 0 unspecified atom stereocenters. The van der Waals surface area contributed by atoms with Crippen molar-refractivity contribution in [2.24, 2.45) is 7.05 Å². The molecule has 1 aromatic carbocycles. The first-order chi connectivity index (χ1) is 10.0. The first kappa shape index (κ1) is 13.0. The molecule has 2 aliphatic rings. The summed E-state index contributed by atoms with van der Waals surface area (Å²) < 4.78 is 6.23. The molecule has 2 aliphatic heterocycles. The molecular weight excluding hydrogens is 276 g/mol. The number of rotatable bonds is 1. The molecule has 1 aromatic rings. The molecule has 0 aromatic heterocycles. The smallest absolute Gasteiger partial charge is 0.349 e. The first-order valence-corrected chi connectivity index (χ1v) is 6.00. The summed E-state index contributed by atoms with van der Waals surface area (Å²) in [6.07, 6.45) is 0. The van der Waals surface area contributed by atoms with Crippen LogP contribution in [-0.4, -0.2) is 32.6 Å². The van der Waals surface area contributed by atoms with E-state index in [1.54, 1.807) is 23.7 Å². The first-order valence-electron chi connectivity index (χ1n) is 6.00. The molecular formula is C13H10N4O4. The predicted octanol–water partition coefficient (Wildman–Crippen LogP) is -0.0918. The summed E-state index contributed by atoms with van der Waals surface area (Å²) >= 11 is 0. The zero-order chi connectivity index (χ0) is 15.1. The molecule has 0 fully saturated rings. The lowest BCUT2D eigenvalue weighted by Gasteiger charge is -2.12. The van der Waals surface area contributed by atoms with Crippen LogP contribution in [0.15, 0.2) is 27.8 Å². The molecule has 3 rings (SSSR count). The van der Waals surface area contributed by atoms with Crippen LogP contribution < -0.4 is 11.2 Å². The van der Waals surface area contributed by atoms with Crippen LogP contribution >= 0.6 is 0 Å². The maximum Gasteiger partial charge on any atom is 0.349 e. The Morgan fingerprint density at radius 3 is 2.76 bits per heavy atom. The van der Waals surface area contributed by atoms with Crippen molar-refractivity contribution in [2.45, 2.75) is 0 Å². The molecule has 0 radical (unpaired) electrons. The van der Waals surface area contributed by atoms with Crippen molar-refractivity contribution >= 4 is 17.0 Å². The van der Waals surface area contributed by atoms with Gasteiger partial charge in [0.2, 0.25) is 0 Å². The monoisotopic (exact) mass is 286 g/mol. The van der Waals surface area contributed by atoms with Crippen LogP contribution in [0.5, 0.6) is 0 Å². The van der Waals surface area contributed by atoms with Gasteiger partial charge in [0.15, 0.2) is 11.5 Å². The number of nitrogens with zero attached hydrogens (tertiary/aromatic N) is 3. The normalized spacial score (nSPS) is 11.0. The maximum absolute atomic E-state index is 11.8. The molecule has 0 saturated heterocycles. The third kappa shape index (κ3) is 1.97. The summed E-state index contributed by atoms with van der Waals surface area (Å²) in [4.78, 5) is 44.7. The Morgan fingerprint density at radius 1 is 1.29 bits per heavy atom. The second kappa shape index (κ2) is 4.51. The molecule has 0 aliphatic carbocycles. The Labute approximate surface area is 117 Å². The van der Waals surface area contributed by atoms with Gasteiger partial charge in [-0.25, -0.2) is 14.6 Å². The van der Waals surface area contributed by atoms with Gasteiger partial charge < -0.3 is 9.30 Å². The van der Waals surface area contributed by atoms with Gasteiger partial charge in [-0.15, -0.1) is 0 Å². The largest absolute Gasteiger partial charge is 0.465 e. The number of aromatic nitrogens is 4. The fourth-order valence-electron chi connectivity index (χ4n) is 2.15. The molecule has 0 bridgehead atoms. The van der Waals surface area contributed by atoms with E-state index in [0.29, 0.717) is 16.6 Å². The van der Waals surface area contributed by atoms with Gasteiger partial charge in [-0.05, 0) is 18.2 Å². The van der Waals surface area contributed by atoms with Crippen molar-refractivity contribution in [1.29, 1.82) is 0 Å². The highest BCUT2D eigenvalue weighted by atomic mass is 16.5. The van der Waals surface area contributed by atoms with Crippen molar-refractivity contribution in [2.75, 3.05) is 7.11 Å². The molecule has 8 heteroatoms. The van der Waals surface area contributed by atoms with Gasteiger partial charge in [0, 0.05) is 7.05 Å². The number of carbonyl (C=O) groups is 1. The SMILES string of the molecule is COC(=O)c1ccc2c(c1)nc1c(=O)[nH]c(=O)nc-1n2C. The summed E-state index contributed by atoms with van der Waals surface area (Å²) in [7, 11) is 2.95. The lowest BCUT2D eigenvalue weighted by molar-refractivity contribution is 0.0601.